The van der Waals surface area contributed by atoms with Crippen LogP contribution in [0.4, 0.5) is 24.5 Å². The lowest BCUT2D eigenvalue weighted by molar-refractivity contribution is -0.123. The fourth-order valence-electron chi connectivity index (χ4n) is 2.40. The highest BCUT2D eigenvalue weighted by molar-refractivity contribution is 5.97. The Morgan fingerprint density at radius 1 is 1.11 bits per heavy atom. The van der Waals surface area contributed by atoms with Crippen molar-refractivity contribution in [3.05, 3.63) is 59.2 Å². The molecular weight excluding hydrogens is 359 g/mol. The molecule has 2 amide bonds. The molecule has 0 aromatic heterocycles. The summed E-state index contributed by atoms with van der Waals surface area (Å²) in [7, 11) is 0. The number of carbonyl (C=O) groups is 2. The minimum Gasteiger partial charge on any atom is -0.399 e. The summed E-state index contributed by atoms with van der Waals surface area (Å²) in [6.45, 7) is 0.308. The van der Waals surface area contributed by atoms with Gasteiger partial charge in [0.05, 0.1) is 0 Å². The maximum Gasteiger partial charge on any atom is 0.405 e. The molecule has 27 heavy (non-hydrogen) atoms. The van der Waals surface area contributed by atoms with Gasteiger partial charge in [0.25, 0.3) is 5.91 Å². The van der Waals surface area contributed by atoms with Crippen LogP contribution in [0.5, 0.6) is 0 Å². The van der Waals surface area contributed by atoms with Gasteiger partial charge in [0.1, 0.15) is 6.54 Å². The molecule has 0 fully saturated rings. The molecule has 5 nitrogen and oxygen atoms in total. The first-order chi connectivity index (χ1) is 12.7. The molecule has 0 radical (unpaired) electrons. The lowest BCUT2D eigenvalue weighted by Crippen LogP contribution is -2.33. The number of alkyl halides is 3. The number of hydrogen-bond acceptors (Lipinski definition) is 3. The number of aryl methyl sites for hydroxylation is 2. The number of halogens is 3. The van der Waals surface area contributed by atoms with Gasteiger partial charge < -0.3 is 16.4 Å². The van der Waals surface area contributed by atoms with E-state index < -0.39 is 18.6 Å². The minimum atomic E-state index is -4.49. The van der Waals surface area contributed by atoms with Gasteiger partial charge in [-0.05, 0) is 42.7 Å². The number of anilines is 2. The van der Waals surface area contributed by atoms with E-state index in [2.05, 4.69) is 5.32 Å². The van der Waals surface area contributed by atoms with Crippen molar-refractivity contribution in [3.8, 4) is 0 Å². The Hall–Kier alpha value is -3.03. The summed E-state index contributed by atoms with van der Waals surface area (Å²) >= 11 is 0. The minimum absolute atomic E-state index is 0.0347. The number of para-hydroxylation sites is 1. The van der Waals surface area contributed by atoms with Crippen LogP contribution in [-0.4, -0.2) is 24.5 Å². The maximum atomic E-state index is 12.2. The van der Waals surface area contributed by atoms with E-state index in [-0.39, 0.29) is 17.9 Å². The topological polar surface area (TPSA) is 84.2 Å². The van der Waals surface area contributed by atoms with Gasteiger partial charge in [-0.25, -0.2) is 0 Å². The average molecular weight is 379 g/mol. The molecule has 0 spiro atoms. The van der Waals surface area contributed by atoms with Crippen LogP contribution < -0.4 is 16.4 Å². The number of benzene rings is 2. The van der Waals surface area contributed by atoms with Crippen LogP contribution in [0.25, 0.3) is 0 Å². The molecule has 0 heterocycles. The predicted molar refractivity (Wildman–Crippen MR) is 97.4 cm³/mol. The Labute approximate surface area is 154 Å². The molecule has 2 aromatic rings. The molecule has 0 bridgehead atoms. The van der Waals surface area contributed by atoms with E-state index >= 15 is 0 Å². The summed E-state index contributed by atoms with van der Waals surface area (Å²) in [5.74, 6) is -1.14. The van der Waals surface area contributed by atoms with E-state index in [4.69, 9.17) is 5.73 Å². The van der Waals surface area contributed by atoms with Crippen molar-refractivity contribution in [1.29, 1.82) is 0 Å². The molecule has 0 saturated heterocycles. The van der Waals surface area contributed by atoms with E-state index in [9.17, 15) is 22.8 Å². The molecule has 4 N–H and O–H groups in total. The Morgan fingerprint density at radius 3 is 2.48 bits per heavy atom. The molecule has 144 valence electrons. The number of hydrogen-bond donors (Lipinski definition) is 3. The molecule has 2 rings (SSSR count). The monoisotopic (exact) mass is 379 g/mol. The highest BCUT2D eigenvalue weighted by atomic mass is 19.4. The molecule has 8 heteroatoms. The zero-order valence-electron chi connectivity index (χ0n) is 14.7. The summed E-state index contributed by atoms with van der Waals surface area (Å²) in [5.41, 5.74) is 8.39. The first-order valence-electron chi connectivity index (χ1n) is 8.24. The van der Waals surface area contributed by atoms with Gasteiger partial charge in [0.2, 0.25) is 5.91 Å². The zero-order chi connectivity index (χ0) is 20.0. The Balaban J connectivity index is 2.00. The second kappa shape index (κ2) is 8.57. The van der Waals surface area contributed by atoms with Crippen LogP contribution in [0.1, 0.15) is 27.9 Å². The first kappa shape index (κ1) is 20.3. The van der Waals surface area contributed by atoms with Crippen molar-refractivity contribution in [2.24, 2.45) is 0 Å². The zero-order valence-corrected chi connectivity index (χ0v) is 14.7. The highest BCUT2D eigenvalue weighted by Crippen LogP contribution is 2.19. The largest absolute Gasteiger partial charge is 0.405 e. The maximum absolute atomic E-state index is 12.2. The van der Waals surface area contributed by atoms with Crippen molar-refractivity contribution >= 4 is 23.2 Å². The van der Waals surface area contributed by atoms with Crippen molar-refractivity contribution in [3.63, 3.8) is 0 Å². The molecule has 0 saturated carbocycles. The van der Waals surface area contributed by atoms with Crippen LogP contribution in [0.15, 0.2) is 42.5 Å². The van der Waals surface area contributed by atoms with E-state index in [1.165, 1.54) is 12.1 Å². The van der Waals surface area contributed by atoms with Crippen molar-refractivity contribution in [2.45, 2.75) is 25.9 Å². The third-order valence-corrected chi connectivity index (χ3v) is 3.90. The summed E-state index contributed by atoms with van der Waals surface area (Å²) in [5, 5.41) is 4.49. The van der Waals surface area contributed by atoms with Crippen molar-refractivity contribution in [2.75, 3.05) is 17.6 Å². The predicted octanol–water partition coefficient (Wildman–Crippen LogP) is 3.44. The van der Waals surface area contributed by atoms with Gasteiger partial charge in [-0.3, -0.25) is 9.59 Å². The van der Waals surface area contributed by atoms with E-state index in [0.29, 0.717) is 23.4 Å². The third-order valence-electron chi connectivity index (χ3n) is 3.90. The van der Waals surface area contributed by atoms with Crippen LogP contribution >= 0.6 is 0 Å². The fourth-order valence-corrected chi connectivity index (χ4v) is 2.40. The van der Waals surface area contributed by atoms with Crippen molar-refractivity contribution in [1.82, 2.24) is 5.32 Å². The van der Waals surface area contributed by atoms with E-state index in [0.717, 1.165) is 5.56 Å². The van der Waals surface area contributed by atoms with Gasteiger partial charge in [0.15, 0.2) is 0 Å². The van der Waals surface area contributed by atoms with E-state index in [1.54, 1.807) is 30.4 Å². The summed E-state index contributed by atoms with van der Waals surface area (Å²) in [6, 6.07) is 11.5. The lowest BCUT2D eigenvalue weighted by Gasteiger charge is -2.12. The first-order valence-corrected chi connectivity index (χ1v) is 8.24. The number of nitrogens with two attached hydrogens (primary N) is 1. The van der Waals surface area contributed by atoms with Crippen molar-refractivity contribution < 1.29 is 22.8 Å². The smallest absolute Gasteiger partial charge is 0.399 e. The number of carbonyl (C=O) groups excluding carboxylic acids is 2. The van der Waals surface area contributed by atoms with Gasteiger partial charge in [0, 0.05) is 23.4 Å². The quantitative estimate of drug-likeness (QED) is 0.672. The molecule has 0 unspecified atom stereocenters. The molecular formula is C19H20F3N3O2. The fraction of sp³-hybridized carbons (Fsp3) is 0.263. The Kier molecular flexibility index (Phi) is 6.44. The van der Waals surface area contributed by atoms with Gasteiger partial charge in [-0.1, -0.05) is 24.3 Å². The van der Waals surface area contributed by atoms with Gasteiger partial charge in [-0.15, -0.1) is 0 Å². The number of amides is 2. The summed E-state index contributed by atoms with van der Waals surface area (Å²) in [6.07, 6.45) is -3.86. The number of nitrogen functional groups attached to an aromatic ring is 1. The average Bonchev–Trinajstić information content (AvgIpc) is 2.60. The summed E-state index contributed by atoms with van der Waals surface area (Å²) < 4.78 is 36.7. The van der Waals surface area contributed by atoms with Gasteiger partial charge >= 0.3 is 6.18 Å². The lowest BCUT2D eigenvalue weighted by atomic mass is 10.1. The van der Waals surface area contributed by atoms with Crippen LogP contribution in [-0.2, 0) is 11.2 Å². The Bertz CT molecular complexity index is 835. The van der Waals surface area contributed by atoms with Gasteiger partial charge in [-0.2, -0.15) is 13.2 Å². The normalized spacial score (nSPS) is 11.1. The summed E-state index contributed by atoms with van der Waals surface area (Å²) in [4.78, 5) is 24.0. The molecule has 0 aliphatic rings. The second-order valence-corrected chi connectivity index (χ2v) is 6.07. The molecule has 0 aliphatic heterocycles. The standard InChI is InChI=1S/C19H20F3N3O2/c1-12-6-7-14(18(27)24-11-19(20,21)22)10-16(12)25-17(26)9-8-13-4-2-3-5-15(13)23/h2-7,10H,8-9,11,23H2,1H3,(H,24,27)(H,25,26). The SMILES string of the molecule is Cc1ccc(C(=O)NCC(F)(F)F)cc1NC(=O)CCc1ccccc1N. The Morgan fingerprint density at radius 2 is 1.81 bits per heavy atom. The number of rotatable bonds is 6. The number of nitrogens with one attached hydrogen (secondary N) is 2. The third kappa shape index (κ3) is 6.32. The highest BCUT2D eigenvalue weighted by Gasteiger charge is 2.28. The molecule has 0 aliphatic carbocycles. The van der Waals surface area contributed by atoms with Crippen LogP contribution in [0.3, 0.4) is 0 Å². The molecule has 2 aromatic carbocycles. The van der Waals surface area contributed by atoms with E-state index in [1.807, 2.05) is 12.1 Å². The molecule has 0 atom stereocenters. The van der Waals surface area contributed by atoms with Crippen LogP contribution in [0.2, 0.25) is 0 Å². The van der Waals surface area contributed by atoms with Crippen LogP contribution in [0, 0.1) is 6.92 Å². The second-order valence-electron chi connectivity index (χ2n) is 6.07.